The van der Waals surface area contributed by atoms with Gasteiger partial charge in [0.05, 0.1) is 17.5 Å². The summed E-state index contributed by atoms with van der Waals surface area (Å²) in [4.78, 5) is 13.0. The Balaban J connectivity index is 1.90. The molecule has 0 spiro atoms. The molecule has 0 saturated carbocycles. The van der Waals surface area contributed by atoms with Gasteiger partial charge in [-0.2, -0.15) is 0 Å². The van der Waals surface area contributed by atoms with E-state index in [9.17, 15) is 4.79 Å². The standard InChI is InChI=1S/C16H20N4O/c1-20-12-14(18-19-20)11-15(21)16(7-9-17-10-8-16)13-5-3-2-4-6-13/h2-6,12,17H,7-11H2,1H3. The van der Waals surface area contributed by atoms with Crippen molar-refractivity contribution in [3.8, 4) is 0 Å². The van der Waals surface area contributed by atoms with Gasteiger partial charge in [-0.1, -0.05) is 35.5 Å². The van der Waals surface area contributed by atoms with Crippen LogP contribution in [-0.2, 0) is 23.7 Å². The number of rotatable bonds is 4. The van der Waals surface area contributed by atoms with E-state index in [4.69, 9.17) is 0 Å². The first-order chi connectivity index (χ1) is 10.2. The van der Waals surface area contributed by atoms with Gasteiger partial charge in [0, 0.05) is 13.2 Å². The minimum absolute atomic E-state index is 0.246. The Kier molecular flexibility index (Phi) is 3.84. The second-order valence-corrected chi connectivity index (χ2v) is 5.68. The molecule has 1 aromatic carbocycles. The third-order valence-electron chi connectivity index (χ3n) is 4.31. The molecule has 3 rings (SSSR count). The number of nitrogens with one attached hydrogen (secondary N) is 1. The summed E-state index contributed by atoms with van der Waals surface area (Å²) in [6.07, 6.45) is 3.85. The second-order valence-electron chi connectivity index (χ2n) is 5.68. The fourth-order valence-corrected chi connectivity index (χ4v) is 3.15. The highest BCUT2D eigenvalue weighted by Crippen LogP contribution is 2.35. The van der Waals surface area contributed by atoms with Gasteiger partial charge in [0.2, 0.25) is 0 Å². The number of carbonyl (C=O) groups excluding carboxylic acids is 1. The van der Waals surface area contributed by atoms with E-state index < -0.39 is 0 Å². The number of nitrogens with zero attached hydrogens (tertiary/aromatic N) is 3. The summed E-state index contributed by atoms with van der Waals surface area (Å²) in [7, 11) is 1.82. The van der Waals surface area contributed by atoms with Crippen LogP contribution in [0, 0.1) is 0 Å². The van der Waals surface area contributed by atoms with E-state index in [0.717, 1.165) is 37.2 Å². The lowest BCUT2D eigenvalue weighted by molar-refractivity contribution is -0.125. The molecule has 5 nitrogen and oxygen atoms in total. The summed E-state index contributed by atoms with van der Waals surface area (Å²) in [5.41, 5.74) is 1.49. The van der Waals surface area contributed by atoms with Gasteiger partial charge in [-0.25, -0.2) is 0 Å². The number of carbonyl (C=O) groups is 1. The first kappa shape index (κ1) is 13.9. The van der Waals surface area contributed by atoms with Crippen molar-refractivity contribution in [3.63, 3.8) is 0 Å². The van der Waals surface area contributed by atoms with Crippen molar-refractivity contribution < 1.29 is 4.79 Å². The molecule has 110 valence electrons. The number of hydrogen-bond donors (Lipinski definition) is 1. The number of benzene rings is 1. The lowest BCUT2D eigenvalue weighted by Gasteiger charge is -2.36. The largest absolute Gasteiger partial charge is 0.317 e. The second kappa shape index (κ2) is 5.77. The first-order valence-corrected chi connectivity index (χ1v) is 7.35. The van der Waals surface area contributed by atoms with Gasteiger partial charge in [0.25, 0.3) is 0 Å². The molecular weight excluding hydrogens is 264 g/mol. The van der Waals surface area contributed by atoms with E-state index in [-0.39, 0.29) is 11.2 Å². The zero-order valence-corrected chi connectivity index (χ0v) is 12.2. The molecule has 1 aromatic heterocycles. The van der Waals surface area contributed by atoms with Crippen molar-refractivity contribution in [2.24, 2.45) is 7.05 Å². The average Bonchev–Trinajstić information content (AvgIpc) is 2.94. The van der Waals surface area contributed by atoms with Crippen LogP contribution in [0.15, 0.2) is 36.5 Å². The predicted molar refractivity (Wildman–Crippen MR) is 79.9 cm³/mol. The first-order valence-electron chi connectivity index (χ1n) is 7.35. The van der Waals surface area contributed by atoms with Crippen LogP contribution in [0.2, 0.25) is 0 Å². The van der Waals surface area contributed by atoms with Crippen LogP contribution >= 0.6 is 0 Å². The van der Waals surface area contributed by atoms with E-state index in [0.29, 0.717) is 6.42 Å². The number of aryl methyl sites for hydroxylation is 1. The van der Waals surface area contributed by atoms with Crippen molar-refractivity contribution in [1.82, 2.24) is 20.3 Å². The van der Waals surface area contributed by atoms with E-state index in [1.807, 2.05) is 31.4 Å². The SMILES string of the molecule is Cn1cc(CC(=O)C2(c3ccccc3)CCNCC2)nn1. The average molecular weight is 284 g/mol. The molecule has 1 fully saturated rings. The highest BCUT2D eigenvalue weighted by Gasteiger charge is 2.40. The van der Waals surface area contributed by atoms with Gasteiger partial charge < -0.3 is 5.32 Å². The molecule has 0 unspecified atom stereocenters. The van der Waals surface area contributed by atoms with Crippen LogP contribution in [0.4, 0.5) is 0 Å². The molecule has 0 radical (unpaired) electrons. The Hall–Kier alpha value is -2.01. The number of aromatic nitrogens is 3. The minimum atomic E-state index is -0.385. The van der Waals surface area contributed by atoms with E-state index in [1.54, 1.807) is 4.68 Å². The molecular formula is C16H20N4O. The van der Waals surface area contributed by atoms with Crippen LogP contribution in [0.3, 0.4) is 0 Å². The summed E-state index contributed by atoms with van der Waals surface area (Å²) < 4.78 is 1.64. The number of ketones is 1. The van der Waals surface area contributed by atoms with Gasteiger partial charge in [-0.15, -0.1) is 5.10 Å². The summed E-state index contributed by atoms with van der Waals surface area (Å²) >= 11 is 0. The van der Waals surface area contributed by atoms with Gasteiger partial charge in [-0.3, -0.25) is 9.48 Å². The minimum Gasteiger partial charge on any atom is -0.317 e. The highest BCUT2D eigenvalue weighted by atomic mass is 16.1. The van der Waals surface area contributed by atoms with Crippen LogP contribution in [0.25, 0.3) is 0 Å². The van der Waals surface area contributed by atoms with E-state index in [1.165, 1.54) is 0 Å². The number of hydrogen-bond acceptors (Lipinski definition) is 4. The lowest BCUT2D eigenvalue weighted by Crippen LogP contribution is -2.46. The third kappa shape index (κ3) is 2.74. The zero-order valence-electron chi connectivity index (χ0n) is 12.2. The smallest absolute Gasteiger partial charge is 0.149 e. The van der Waals surface area contributed by atoms with Crippen molar-refractivity contribution >= 4 is 5.78 Å². The quantitative estimate of drug-likeness (QED) is 0.918. The number of piperidine rings is 1. The summed E-state index contributed by atoms with van der Waals surface area (Å²) in [5.74, 6) is 0.246. The molecule has 2 aromatic rings. The molecule has 1 N–H and O–H groups in total. The monoisotopic (exact) mass is 284 g/mol. The summed E-state index contributed by atoms with van der Waals surface area (Å²) in [5, 5.41) is 11.3. The van der Waals surface area contributed by atoms with Crippen LogP contribution in [0.5, 0.6) is 0 Å². The molecule has 0 amide bonds. The molecule has 1 saturated heterocycles. The maximum atomic E-state index is 13.0. The van der Waals surface area contributed by atoms with Crippen LogP contribution in [0.1, 0.15) is 24.1 Å². The molecule has 5 heteroatoms. The Morgan fingerprint density at radius 1 is 1.29 bits per heavy atom. The Labute approximate surface area is 124 Å². The van der Waals surface area contributed by atoms with Gasteiger partial charge in [0.1, 0.15) is 5.78 Å². The molecule has 0 atom stereocenters. The van der Waals surface area contributed by atoms with Gasteiger partial charge in [-0.05, 0) is 31.5 Å². The normalized spacial score (nSPS) is 17.6. The molecule has 1 aliphatic heterocycles. The topological polar surface area (TPSA) is 59.8 Å². The molecule has 1 aliphatic rings. The lowest BCUT2D eigenvalue weighted by atomic mass is 9.69. The Morgan fingerprint density at radius 3 is 2.62 bits per heavy atom. The van der Waals surface area contributed by atoms with Crippen LogP contribution in [-0.4, -0.2) is 33.9 Å². The van der Waals surface area contributed by atoms with Crippen LogP contribution < -0.4 is 5.32 Å². The predicted octanol–water partition coefficient (Wildman–Crippen LogP) is 1.25. The van der Waals surface area contributed by atoms with Crippen molar-refractivity contribution in [1.29, 1.82) is 0 Å². The summed E-state index contributed by atoms with van der Waals surface area (Å²) in [6.45, 7) is 1.75. The van der Waals surface area contributed by atoms with Gasteiger partial charge in [0.15, 0.2) is 0 Å². The highest BCUT2D eigenvalue weighted by molar-refractivity contribution is 5.91. The van der Waals surface area contributed by atoms with Crippen molar-refractivity contribution in [2.45, 2.75) is 24.7 Å². The fourth-order valence-electron chi connectivity index (χ4n) is 3.15. The maximum absolute atomic E-state index is 13.0. The molecule has 2 heterocycles. The molecule has 0 aliphatic carbocycles. The van der Waals surface area contributed by atoms with Gasteiger partial charge >= 0.3 is 0 Å². The van der Waals surface area contributed by atoms with E-state index in [2.05, 4.69) is 27.8 Å². The van der Waals surface area contributed by atoms with Crippen molar-refractivity contribution in [2.75, 3.05) is 13.1 Å². The molecule has 21 heavy (non-hydrogen) atoms. The number of Topliss-reactive ketones (excluding diaryl/α,β-unsaturated/α-hetero) is 1. The Morgan fingerprint density at radius 2 is 2.00 bits per heavy atom. The molecule has 0 bridgehead atoms. The summed E-state index contributed by atoms with van der Waals surface area (Å²) in [6, 6.07) is 10.1. The maximum Gasteiger partial charge on any atom is 0.149 e. The third-order valence-corrected chi connectivity index (χ3v) is 4.31. The zero-order chi connectivity index (χ0) is 14.7. The Bertz CT molecular complexity index is 614. The van der Waals surface area contributed by atoms with E-state index >= 15 is 0 Å². The van der Waals surface area contributed by atoms with Crippen molar-refractivity contribution in [3.05, 3.63) is 47.8 Å². The fraction of sp³-hybridized carbons (Fsp3) is 0.438.